The minimum absolute atomic E-state index is 0.0411. The van der Waals surface area contributed by atoms with Crippen molar-refractivity contribution in [2.24, 2.45) is 0 Å². The summed E-state index contributed by atoms with van der Waals surface area (Å²) in [6.07, 6.45) is 0. The number of rotatable bonds is 4. The molecular formula is C15H16F2N4O. The molecule has 0 saturated carbocycles. The monoisotopic (exact) mass is 306 g/mol. The first kappa shape index (κ1) is 15.8. The fraction of sp³-hybridized carbons (Fsp3) is 0.267. The van der Waals surface area contributed by atoms with Gasteiger partial charge in [-0.3, -0.25) is 4.79 Å². The van der Waals surface area contributed by atoms with Gasteiger partial charge in [0, 0.05) is 31.4 Å². The fourth-order valence-electron chi connectivity index (χ4n) is 1.82. The number of nitrogens with zero attached hydrogens (tertiary/aromatic N) is 3. The number of hydrogen-bond acceptors (Lipinski definition) is 4. The van der Waals surface area contributed by atoms with Gasteiger partial charge in [-0.05, 0) is 25.1 Å². The summed E-state index contributed by atoms with van der Waals surface area (Å²) in [7, 11) is 3.71. The molecule has 0 saturated heterocycles. The molecule has 116 valence electrons. The molecule has 22 heavy (non-hydrogen) atoms. The molecule has 7 heteroatoms. The molecule has 0 radical (unpaired) electrons. The third-order valence-corrected chi connectivity index (χ3v) is 2.93. The Morgan fingerprint density at radius 1 is 1.18 bits per heavy atom. The van der Waals surface area contributed by atoms with Crippen molar-refractivity contribution in [2.75, 3.05) is 19.0 Å². The zero-order chi connectivity index (χ0) is 16.3. The molecule has 0 aliphatic carbocycles. The summed E-state index contributed by atoms with van der Waals surface area (Å²) in [5.74, 6) is -1.40. The first-order chi connectivity index (χ1) is 10.4. The molecule has 0 aliphatic heterocycles. The third-order valence-electron chi connectivity index (χ3n) is 2.93. The Hall–Kier alpha value is -2.57. The van der Waals surface area contributed by atoms with E-state index in [1.807, 2.05) is 32.0 Å². The van der Waals surface area contributed by atoms with E-state index in [0.717, 1.165) is 23.6 Å². The first-order valence-corrected chi connectivity index (χ1v) is 6.62. The van der Waals surface area contributed by atoms with E-state index in [1.165, 1.54) is 6.07 Å². The molecule has 5 nitrogen and oxygen atoms in total. The molecule has 1 heterocycles. The van der Waals surface area contributed by atoms with E-state index in [9.17, 15) is 13.6 Å². The van der Waals surface area contributed by atoms with Crippen molar-refractivity contribution in [3.8, 4) is 0 Å². The molecule has 2 aromatic rings. The van der Waals surface area contributed by atoms with Gasteiger partial charge < -0.3 is 10.2 Å². The zero-order valence-electron chi connectivity index (χ0n) is 12.5. The number of anilines is 1. The van der Waals surface area contributed by atoms with Gasteiger partial charge in [0.2, 0.25) is 0 Å². The van der Waals surface area contributed by atoms with Crippen molar-refractivity contribution in [2.45, 2.75) is 13.5 Å². The van der Waals surface area contributed by atoms with Crippen LogP contribution in [0.4, 0.5) is 14.6 Å². The van der Waals surface area contributed by atoms with Crippen LogP contribution in [0.2, 0.25) is 0 Å². The number of aryl methyl sites for hydroxylation is 1. The van der Waals surface area contributed by atoms with Gasteiger partial charge in [0.05, 0.1) is 6.54 Å². The van der Waals surface area contributed by atoms with Gasteiger partial charge in [-0.2, -0.15) is 0 Å². The first-order valence-electron chi connectivity index (χ1n) is 6.62. The second-order valence-corrected chi connectivity index (χ2v) is 4.99. The van der Waals surface area contributed by atoms with Crippen molar-refractivity contribution in [1.29, 1.82) is 0 Å². The highest BCUT2D eigenvalue weighted by Crippen LogP contribution is 2.10. The lowest BCUT2D eigenvalue weighted by molar-refractivity contribution is 0.0949. The van der Waals surface area contributed by atoms with Crippen LogP contribution in [0, 0.1) is 18.6 Å². The van der Waals surface area contributed by atoms with Crippen molar-refractivity contribution in [3.05, 3.63) is 53.0 Å². The second kappa shape index (κ2) is 6.46. The van der Waals surface area contributed by atoms with E-state index in [0.29, 0.717) is 5.82 Å². The van der Waals surface area contributed by atoms with Crippen LogP contribution in [0.25, 0.3) is 0 Å². The lowest BCUT2D eigenvalue weighted by atomic mass is 10.2. The summed E-state index contributed by atoms with van der Waals surface area (Å²) in [6, 6.07) is 4.81. The van der Waals surface area contributed by atoms with Crippen LogP contribution < -0.4 is 10.2 Å². The van der Waals surface area contributed by atoms with E-state index in [4.69, 9.17) is 0 Å². The molecule has 0 fully saturated rings. The number of halogens is 2. The molecule has 1 aromatic heterocycles. The van der Waals surface area contributed by atoms with Gasteiger partial charge in [-0.1, -0.05) is 0 Å². The smallest absolute Gasteiger partial charge is 0.251 e. The predicted molar refractivity (Wildman–Crippen MR) is 78.6 cm³/mol. The predicted octanol–water partition coefficient (Wildman–Crippen LogP) is 2.06. The number of carbonyl (C=O) groups excluding carboxylic acids is 1. The number of nitrogens with one attached hydrogen (secondary N) is 1. The zero-order valence-corrected chi connectivity index (χ0v) is 12.5. The Morgan fingerprint density at radius 3 is 2.55 bits per heavy atom. The van der Waals surface area contributed by atoms with E-state index >= 15 is 0 Å². The van der Waals surface area contributed by atoms with Gasteiger partial charge >= 0.3 is 0 Å². The normalized spacial score (nSPS) is 10.4. The number of hydrogen-bond donors (Lipinski definition) is 1. The van der Waals surface area contributed by atoms with Crippen LogP contribution in [0.3, 0.4) is 0 Å². The largest absolute Gasteiger partial charge is 0.363 e. The van der Waals surface area contributed by atoms with E-state index < -0.39 is 17.5 Å². The highest BCUT2D eigenvalue weighted by molar-refractivity contribution is 5.94. The molecule has 0 unspecified atom stereocenters. The van der Waals surface area contributed by atoms with Gasteiger partial charge in [0.25, 0.3) is 5.91 Å². The molecular weight excluding hydrogens is 290 g/mol. The number of benzene rings is 1. The summed E-state index contributed by atoms with van der Waals surface area (Å²) in [5.41, 5.74) is 0.815. The minimum atomic E-state index is -1.06. The number of amides is 1. The Morgan fingerprint density at radius 2 is 1.91 bits per heavy atom. The van der Waals surface area contributed by atoms with E-state index in [2.05, 4.69) is 15.3 Å². The minimum Gasteiger partial charge on any atom is -0.363 e. The topological polar surface area (TPSA) is 58.1 Å². The van der Waals surface area contributed by atoms with Crippen LogP contribution in [-0.2, 0) is 6.54 Å². The standard InChI is InChI=1S/C15H16F2N4O/c1-9-6-14(21(2)3)20-13(19-9)8-18-15(22)10-4-5-11(16)12(17)7-10/h4-7H,8H2,1-3H3,(H,18,22). The number of carbonyl (C=O) groups is 1. The molecule has 2 rings (SSSR count). The lowest BCUT2D eigenvalue weighted by Gasteiger charge is -2.13. The quantitative estimate of drug-likeness (QED) is 0.939. The molecule has 0 aliphatic rings. The van der Waals surface area contributed by atoms with Crippen LogP contribution in [-0.4, -0.2) is 30.0 Å². The van der Waals surface area contributed by atoms with E-state index in [1.54, 1.807) is 0 Å². The van der Waals surface area contributed by atoms with Crippen LogP contribution in [0.1, 0.15) is 21.9 Å². The molecule has 0 spiro atoms. The molecule has 0 bridgehead atoms. The van der Waals surface area contributed by atoms with Crippen LogP contribution >= 0.6 is 0 Å². The van der Waals surface area contributed by atoms with Crippen molar-refractivity contribution >= 4 is 11.7 Å². The summed E-state index contributed by atoms with van der Waals surface area (Å²) >= 11 is 0. The average Bonchev–Trinajstić information content (AvgIpc) is 2.47. The van der Waals surface area contributed by atoms with Gasteiger partial charge in [0.1, 0.15) is 11.6 Å². The summed E-state index contributed by atoms with van der Waals surface area (Å²) in [5, 5.41) is 2.58. The maximum absolute atomic E-state index is 13.1. The molecule has 1 aromatic carbocycles. The van der Waals surface area contributed by atoms with Crippen LogP contribution in [0.15, 0.2) is 24.3 Å². The van der Waals surface area contributed by atoms with Crippen molar-refractivity contribution in [1.82, 2.24) is 15.3 Å². The second-order valence-electron chi connectivity index (χ2n) is 4.99. The maximum Gasteiger partial charge on any atom is 0.251 e. The van der Waals surface area contributed by atoms with Crippen molar-refractivity contribution < 1.29 is 13.6 Å². The SMILES string of the molecule is Cc1cc(N(C)C)nc(CNC(=O)c2ccc(F)c(F)c2)n1. The Balaban J connectivity index is 2.09. The Bertz CT molecular complexity index is 704. The Kier molecular flexibility index (Phi) is 4.65. The lowest BCUT2D eigenvalue weighted by Crippen LogP contribution is -2.25. The van der Waals surface area contributed by atoms with Crippen LogP contribution in [0.5, 0.6) is 0 Å². The molecule has 1 amide bonds. The van der Waals surface area contributed by atoms with Gasteiger partial charge in [-0.15, -0.1) is 0 Å². The maximum atomic E-state index is 13.1. The fourth-order valence-corrected chi connectivity index (χ4v) is 1.82. The summed E-state index contributed by atoms with van der Waals surface area (Å²) in [4.78, 5) is 22.3. The van der Waals surface area contributed by atoms with Crippen molar-refractivity contribution in [3.63, 3.8) is 0 Å². The molecule has 1 N–H and O–H groups in total. The van der Waals surface area contributed by atoms with Gasteiger partial charge in [-0.25, -0.2) is 18.7 Å². The number of aromatic nitrogens is 2. The molecule has 0 atom stereocenters. The summed E-state index contributed by atoms with van der Waals surface area (Å²) in [6.45, 7) is 1.93. The highest BCUT2D eigenvalue weighted by Gasteiger charge is 2.11. The highest BCUT2D eigenvalue weighted by atomic mass is 19.2. The summed E-state index contributed by atoms with van der Waals surface area (Å²) < 4.78 is 26.0. The van der Waals surface area contributed by atoms with Gasteiger partial charge in [0.15, 0.2) is 11.6 Å². The van der Waals surface area contributed by atoms with E-state index in [-0.39, 0.29) is 12.1 Å². The Labute approximate surface area is 127 Å². The third kappa shape index (κ3) is 3.75. The average molecular weight is 306 g/mol.